The van der Waals surface area contributed by atoms with E-state index in [0.717, 1.165) is 31.8 Å². The smallest absolute Gasteiger partial charge is 0.138 e. The fraction of sp³-hybridized carbons (Fsp3) is 0.571. The van der Waals surface area contributed by atoms with Crippen LogP contribution in [0.4, 0.5) is 0 Å². The second-order valence-electron chi connectivity index (χ2n) is 4.77. The zero-order valence-electron chi connectivity index (χ0n) is 10.4. The molecule has 3 heteroatoms. The molecule has 94 valence electrons. The lowest BCUT2D eigenvalue weighted by Gasteiger charge is -2.24. The molecule has 1 saturated heterocycles. The topological polar surface area (TPSA) is 18.5 Å². The fourth-order valence-electron chi connectivity index (χ4n) is 1.95. The van der Waals surface area contributed by atoms with Crippen LogP contribution in [0.2, 0.25) is 5.02 Å². The number of hydrogen-bond acceptors (Lipinski definition) is 2. The van der Waals surface area contributed by atoms with Gasteiger partial charge in [0.05, 0.1) is 18.2 Å². The molecule has 0 amide bonds. The maximum absolute atomic E-state index is 6.24. The first kappa shape index (κ1) is 12.7. The molecule has 2 rings (SSSR count). The predicted molar refractivity (Wildman–Crippen MR) is 70.0 cm³/mol. The molecule has 1 aliphatic rings. The summed E-state index contributed by atoms with van der Waals surface area (Å²) in [5.74, 6) is 1.28. The molecule has 0 N–H and O–H groups in total. The van der Waals surface area contributed by atoms with Crippen LogP contribution < -0.4 is 4.74 Å². The molecule has 1 aliphatic heterocycles. The van der Waals surface area contributed by atoms with Gasteiger partial charge in [-0.05, 0) is 23.6 Å². The zero-order valence-corrected chi connectivity index (χ0v) is 11.2. The lowest BCUT2D eigenvalue weighted by Crippen LogP contribution is -2.25. The van der Waals surface area contributed by atoms with E-state index in [1.54, 1.807) is 0 Å². The maximum Gasteiger partial charge on any atom is 0.138 e. The van der Waals surface area contributed by atoms with Crippen molar-refractivity contribution in [2.75, 3.05) is 13.2 Å². The molecule has 2 nitrogen and oxygen atoms in total. The van der Waals surface area contributed by atoms with E-state index >= 15 is 0 Å². The van der Waals surface area contributed by atoms with Gasteiger partial charge in [-0.25, -0.2) is 0 Å². The van der Waals surface area contributed by atoms with Gasteiger partial charge < -0.3 is 9.47 Å². The normalized spacial score (nSPS) is 17.4. The summed E-state index contributed by atoms with van der Waals surface area (Å²) in [6.45, 7) is 5.88. The second-order valence-corrected chi connectivity index (χ2v) is 5.18. The average Bonchev–Trinajstić information content (AvgIpc) is 2.33. The van der Waals surface area contributed by atoms with Gasteiger partial charge in [0.15, 0.2) is 0 Å². The largest absolute Gasteiger partial charge is 0.489 e. The third kappa shape index (κ3) is 3.36. The molecule has 0 aliphatic carbocycles. The number of hydrogen-bond donors (Lipinski definition) is 0. The molecule has 0 aromatic heterocycles. The first-order valence-electron chi connectivity index (χ1n) is 6.20. The Morgan fingerprint density at radius 3 is 2.59 bits per heavy atom. The molecule has 0 spiro atoms. The van der Waals surface area contributed by atoms with Crippen LogP contribution in [0, 0.1) is 0 Å². The maximum atomic E-state index is 6.24. The first-order chi connectivity index (χ1) is 8.16. The average molecular weight is 255 g/mol. The predicted octanol–water partition coefficient (Wildman–Crippen LogP) is 4.02. The van der Waals surface area contributed by atoms with Crippen molar-refractivity contribution < 1.29 is 9.47 Å². The van der Waals surface area contributed by atoms with Crippen LogP contribution in [0.15, 0.2) is 18.2 Å². The van der Waals surface area contributed by atoms with Gasteiger partial charge in [-0.2, -0.15) is 0 Å². The van der Waals surface area contributed by atoms with Crippen LogP contribution in [0.1, 0.15) is 38.2 Å². The van der Waals surface area contributed by atoms with Gasteiger partial charge in [-0.15, -0.1) is 0 Å². The van der Waals surface area contributed by atoms with Gasteiger partial charge >= 0.3 is 0 Å². The number of rotatable bonds is 3. The standard InChI is InChI=1S/C14H19ClO2/c1-10(2)11-3-4-14(13(15)9-11)17-12-5-7-16-8-6-12/h3-4,9-10,12H,5-8H2,1-2H3. The van der Waals surface area contributed by atoms with Gasteiger partial charge in [0.2, 0.25) is 0 Å². The molecule has 1 fully saturated rings. The molecule has 1 aromatic carbocycles. The van der Waals surface area contributed by atoms with Crippen LogP contribution in [0.3, 0.4) is 0 Å². The molecule has 0 radical (unpaired) electrons. The summed E-state index contributed by atoms with van der Waals surface area (Å²) in [5, 5.41) is 0.711. The van der Waals surface area contributed by atoms with Crippen LogP contribution in [0.25, 0.3) is 0 Å². The van der Waals surface area contributed by atoms with E-state index < -0.39 is 0 Å². The highest BCUT2D eigenvalue weighted by atomic mass is 35.5. The van der Waals surface area contributed by atoms with E-state index in [1.165, 1.54) is 5.56 Å². The zero-order chi connectivity index (χ0) is 12.3. The number of ether oxygens (including phenoxy) is 2. The minimum absolute atomic E-state index is 0.242. The highest BCUT2D eigenvalue weighted by molar-refractivity contribution is 6.32. The molecule has 0 saturated carbocycles. The van der Waals surface area contributed by atoms with Crippen LogP contribution in [0.5, 0.6) is 5.75 Å². The number of halogens is 1. The first-order valence-corrected chi connectivity index (χ1v) is 6.58. The van der Waals surface area contributed by atoms with Crippen molar-refractivity contribution in [3.8, 4) is 5.75 Å². The third-order valence-electron chi connectivity index (χ3n) is 3.08. The summed E-state index contributed by atoms with van der Waals surface area (Å²) in [4.78, 5) is 0. The number of benzene rings is 1. The van der Waals surface area contributed by atoms with Crippen LogP contribution in [-0.4, -0.2) is 19.3 Å². The molecular formula is C14H19ClO2. The summed E-state index contributed by atoms with van der Waals surface area (Å²) in [5.41, 5.74) is 1.24. The summed E-state index contributed by atoms with van der Waals surface area (Å²) < 4.78 is 11.2. The van der Waals surface area contributed by atoms with E-state index in [9.17, 15) is 0 Å². The molecule has 0 atom stereocenters. The SMILES string of the molecule is CC(C)c1ccc(OC2CCOCC2)c(Cl)c1. The summed E-state index contributed by atoms with van der Waals surface area (Å²) >= 11 is 6.24. The van der Waals surface area contributed by atoms with Crippen molar-refractivity contribution in [1.29, 1.82) is 0 Å². The Morgan fingerprint density at radius 2 is 2.00 bits per heavy atom. The third-order valence-corrected chi connectivity index (χ3v) is 3.38. The minimum atomic E-state index is 0.242. The van der Waals surface area contributed by atoms with Crippen LogP contribution >= 0.6 is 11.6 Å². The molecular weight excluding hydrogens is 236 g/mol. The fourth-order valence-corrected chi connectivity index (χ4v) is 2.18. The highest BCUT2D eigenvalue weighted by Crippen LogP contribution is 2.30. The quantitative estimate of drug-likeness (QED) is 0.811. The van der Waals surface area contributed by atoms with E-state index in [1.807, 2.05) is 12.1 Å². The van der Waals surface area contributed by atoms with Crippen molar-refractivity contribution in [2.24, 2.45) is 0 Å². The van der Waals surface area contributed by atoms with Crippen LogP contribution in [-0.2, 0) is 4.74 Å². The Hall–Kier alpha value is -0.730. The van der Waals surface area contributed by atoms with E-state index in [-0.39, 0.29) is 6.10 Å². The second kappa shape index (κ2) is 5.74. The lowest BCUT2D eigenvalue weighted by atomic mass is 10.0. The van der Waals surface area contributed by atoms with Gasteiger partial charge in [-0.3, -0.25) is 0 Å². The van der Waals surface area contributed by atoms with Gasteiger partial charge in [0.25, 0.3) is 0 Å². The van der Waals surface area contributed by atoms with Gasteiger partial charge in [0.1, 0.15) is 11.9 Å². The van der Waals surface area contributed by atoms with Crippen molar-refractivity contribution in [3.63, 3.8) is 0 Å². The van der Waals surface area contributed by atoms with Crippen molar-refractivity contribution in [2.45, 2.75) is 38.7 Å². The molecule has 1 aromatic rings. The minimum Gasteiger partial charge on any atom is -0.489 e. The van der Waals surface area contributed by atoms with Gasteiger partial charge in [-0.1, -0.05) is 31.5 Å². The molecule has 0 bridgehead atoms. The van der Waals surface area contributed by atoms with E-state index in [0.29, 0.717) is 10.9 Å². The van der Waals surface area contributed by atoms with E-state index in [4.69, 9.17) is 21.1 Å². The van der Waals surface area contributed by atoms with Crippen molar-refractivity contribution >= 4 is 11.6 Å². The molecule has 1 heterocycles. The van der Waals surface area contributed by atoms with Crippen molar-refractivity contribution in [1.82, 2.24) is 0 Å². The highest BCUT2D eigenvalue weighted by Gasteiger charge is 2.16. The Bertz CT molecular complexity index is 370. The Labute approximate surface area is 108 Å². The molecule has 17 heavy (non-hydrogen) atoms. The van der Waals surface area contributed by atoms with Crippen molar-refractivity contribution in [3.05, 3.63) is 28.8 Å². The Balaban J connectivity index is 2.05. The Kier molecular flexibility index (Phi) is 4.30. The van der Waals surface area contributed by atoms with Gasteiger partial charge in [0, 0.05) is 12.8 Å². The summed E-state index contributed by atoms with van der Waals surface area (Å²) in [7, 11) is 0. The lowest BCUT2D eigenvalue weighted by molar-refractivity contribution is 0.0256. The monoisotopic (exact) mass is 254 g/mol. The van der Waals surface area contributed by atoms with E-state index in [2.05, 4.69) is 19.9 Å². The Morgan fingerprint density at radius 1 is 1.29 bits per heavy atom. The summed E-state index contributed by atoms with van der Waals surface area (Å²) in [6, 6.07) is 6.07. The molecule has 0 unspecified atom stereocenters. The summed E-state index contributed by atoms with van der Waals surface area (Å²) in [6.07, 6.45) is 2.14.